The molecule has 0 spiro atoms. The van der Waals surface area contributed by atoms with Gasteiger partial charge in [-0.3, -0.25) is 0 Å². The number of guanidine groups is 1. The van der Waals surface area contributed by atoms with Crippen LogP contribution in [0.4, 0.5) is 0 Å². The van der Waals surface area contributed by atoms with Crippen LogP contribution in [-0.2, 0) is 22.0 Å². The third kappa shape index (κ3) is 7.02. The highest BCUT2D eigenvalue weighted by atomic mass is 127. The molecule has 2 aromatic rings. The van der Waals surface area contributed by atoms with Crippen LogP contribution in [0.3, 0.4) is 0 Å². The molecule has 0 aliphatic rings. The Labute approximate surface area is 189 Å². The molecule has 6 nitrogen and oxygen atoms in total. The molecule has 0 unspecified atom stereocenters. The summed E-state index contributed by atoms with van der Waals surface area (Å²) in [5, 5.41) is 8.75. The predicted octanol–water partition coefficient (Wildman–Crippen LogP) is 3.31. The van der Waals surface area contributed by atoms with Crippen LogP contribution < -0.4 is 15.4 Å². The number of halogens is 1. The first-order valence-electron chi connectivity index (χ1n) is 8.87. The van der Waals surface area contributed by atoms with E-state index in [0.717, 1.165) is 24.6 Å². The molecule has 156 valence electrons. The van der Waals surface area contributed by atoms with Gasteiger partial charge in [0.05, 0.1) is 11.4 Å². The van der Waals surface area contributed by atoms with Crippen molar-refractivity contribution in [2.24, 2.45) is 4.99 Å². The zero-order valence-electron chi connectivity index (χ0n) is 16.7. The predicted molar refractivity (Wildman–Crippen MR) is 128 cm³/mol. The minimum atomic E-state index is -3.41. The van der Waals surface area contributed by atoms with Gasteiger partial charge in [0.1, 0.15) is 0 Å². The molecule has 0 aliphatic carbocycles. The molecule has 0 saturated carbocycles. The average molecular weight is 537 g/mol. The van der Waals surface area contributed by atoms with Gasteiger partial charge < -0.3 is 10.6 Å². The van der Waals surface area contributed by atoms with Crippen LogP contribution in [0.1, 0.15) is 31.2 Å². The maximum absolute atomic E-state index is 11.8. The maximum atomic E-state index is 11.8. The van der Waals surface area contributed by atoms with Crippen molar-refractivity contribution < 1.29 is 8.42 Å². The number of hydrogen-bond acceptors (Lipinski definition) is 4. The number of aliphatic imine (C=N–C) groups is 1. The third-order valence-electron chi connectivity index (χ3n) is 4.15. The second-order valence-electron chi connectivity index (χ2n) is 6.76. The SMILES string of the molecule is CCNC(=NCc1ccc(S(=O)(=O)NC)cc1)NCC(C)(C)c1cccs1.I. The fourth-order valence-corrected chi connectivity index (χ4v) is 4.04. The summed E-state index contributed by atoms with van der Waals surface area (Å²) >= 11 is 1.76. The van der Waals surface area contributed by atoms with Gasteiger partial charge in [0, 0.05) is 23.4 Å². The highest BCUT2D eigenvalue weighted by molar-refractivity contribution is 14.0. The molecule has 0 aliphatic heterocycles. The highest BCUT2D eigenvalue weighted by Gasteiger charge is 2.21. The number of nitrogens with zero attached hydrogens (tertiary/aromatic N) is 1. The molecule has 9 heteroatoms. The van der Waals surface area contributed by atoms with Gasteiger partial charge in [0.2, 0.25) is 10.0 Å². The minimum absolute atomic E-state index is 0. The quantitative estimate of drug-likeness (QED) is 0.275. The Hall–Kier alpha value is -1.17. The zero-order valence-corrected chi connectivity index (χ0v) is 20.6. The number of hydrogen-bond donors (Lipinski definition) is 3. The summed E-state index contributed by atoms with van der Waals surface area (Å²) in [6, 6.07) is 11.0. The van der Waals surface area contributed by atoms with Crippen molar-refractivity contribution >= 4 is 51.3 Å². The van der Waals surface area contributed by atoms with E-state index in [4.69, 9.17) is 0 Å². The van der Waals surface area contributed by atoms with Crippen molar-refractivity contribution in [3.63, 3.8) is 0 Å². The van der Waals surface area contributed by atoms with Crippen molar-refractivity contribution in [1.29, 1.82) is 0 Å². The molecule has 0 saturated heterocycles. The van der Waals surface area contributed by atoms with Gasteiger partial charge in [0.15, 0.2) is 5.96 Å². The number of nitrogens with one attached hydrogen (secondary N) is 3. The number of thiophene rings is 1. The van der Waals surface area contributed by atoms with E-state index in [-0.39, 0.29) is 34.3 Å². The van der Waals surface area contributed by atoms with Crippen LogP contribution in [0.15, 0.2) is 51.7 Å². The van der Waals surface area contributed by atoms with Gasteiger partial charge in [-0.2, -0.15) is 0 Å². The summed E-state index contributed by atoms with van der Waals surface area (Å²) < 4.78 is 25.9. The number of rotatable bonds is 8. The molecule has 2 rings (SSSR count). The molecule has 0 bridgehead atoms. The van der Waals surface area contributed by atoms with E-state index in [0.29, 0.717) is 6.54 Å². The first kappa shape index (κ1) is 24.9. The van der Waals surface area contributed by atoms with Crippen LogP contribution in [-0.4, -0.2) is 34.5 Å². The summed E-state index contributed by atoms with van der Waals surface area (Å²) in [6.45, 7) is 8.43. The fraction of sp³-hybridized carbons (Fsp3) is 0.421. The Kier molecular flexibility index (Phi) is 9.88. The molecule has 0 fully saturated rings. The highest BCUT2D eigenvalue weighted by Crippen LogP contribution is 2.26. The number of sulfonamides is 1. The second-order valence-corrected chi connectivity index (χ2v) is 9.60. The van der Waals surface area contributed by atoms with E-state index >= 15 is 0 Å². The molecule has 0 radical (unpaired) electrons. The Morgan fingerprint density at radius 3 is 2.36 bits per heavy atom. The summed E-state index contributed by atoms with van der Waals surface area (Å²) in [5.74, 6) is 0.744. The Morgan fingerprint density at radius 2 is 1.82 bits per heavy atom. The van der Waals surface area contributed by atoms with E-state index in [2.05, 4.69) is 51.7 Å². The van der Waals surface area contributed by atoms with Gasteiger partial charge in [-0.1, -0.05) is 32.0 Å². The summed E-state index contributed by atoms with van der Waals surface area (Å²) in [4.78, 5) is 6.19. The molecule has 3 N–H and O–H groups in total. The smallest absolute Gasteiger partial charge is 0.240 e. The number of benzene rings is 1. The van der Waals surface area contributed by atoms with Gasteiger partial charge in [-0.15, -0.1) is 35.3 Å². The summed E-state index contributed by atoms with van der Waals surface area (Å²) in [5.41, 5.74) is 0.952. The van der Waals surface area contributed by atoms with E-state index in [1.165, 1.54) is 11.9 Å². The van der Waals surface area contributed by atoms with Crippen LogP contribution in [0, 0.1) is 0 Å². The normalized spacial score (nSPS) is 12.4. The van der Waals surface area contributed by atoms with Crippen LogP contribution in [0.25, 0.3) is 0 Å². The minimum Gasteiger partial charge on any atom is -0.357 e. The van der Waals surface area contributed by atoms with E-state index in [9.17, 15) is 8.42 Å². The van der Waals surface area contributed by atoms with Crippen molar-refractivity contribution in [1.82, 2.24) is 15.4 Å². The van der Waals surface area contributed by atoms with E-state index in [1.54, 1.807) is 35.6 Å². The molecule has 0 atom stereocenters. The van der Waals surface area contributed by atoms with E-state index < -0.39 is 10.0 Å². The standard InChI is InChI=1S/C19H28N4O2S2.HI/c1-5-21-18(23-14-19(2,3)17-7-6-12-26-17)22-13-15-8-10-16(11-9-15)27(24,25)20-4;/h6-12,20H,5,13-14H2,1-4H3,(H2,21,22,23);1H. The molecule has 1 heterocycles. The van der Waals surface area contributed by atoms with E-state index in [1.807, 2.05) is 6.92 Å². The van der Waals surface area contributed by atoms with Crippen LogP contribution in [0.5, 0.6) is 0 Å². The first-order valence-corrected chi connectivity index (χ1v) is 11.2. The van der Waals surface area contributed by atoms with Crippen molar-refractivity contribution in [3.05, 3.63) is 52.2 Å². The lowest BCUT2D eigenvalue weighted by Crippen LogP contribution is -2.43. The molecule has 28 heavy (non-hydrogen) atoms. The summed E-state index contributed by atoms with van der Waals surface area (Å²) in [6.07, 6.45) is 0. The zero-order chi connectivity index (χ0) is 19.9. The Balaban J connectivity index is 0.00000392. The van der Waals surface area contributed by atoms with Gasteiger partial charge in [0.25, 0.3) is 0 Å². The fourth-order valence-electron chi connectivity index (χ4n) is 2.46. The monoisotopic (exact) mass is 536 g/mol. The van der Waals surface area contributed by atoms with Crippen LogP contribution >= 0.6 is 35.3 Å². The Bertz CT molecular complexity index is 849. The van der Waals surface area contributed by atoms with Crippen molar-refractivity contribution in [3.8, 4) is 0 Å². The molecule has 1 aromatic heterocycles. The van der Waals surface area contributed by atoms with Gasteiger partial charge in [-0.25, -0.2) is 18.1 Å². The average Bonchev–Trinajstić information content (AvgIpc) is 3.20. The molecular formula is C19H29IN4O2S2. The topological polar surface area (TPSA) is 82.6 Å². The lowest BCUT2D eigenvalue weighted by atomic mass is 9.91. The maximum Gasteiger partial charge on any atom is 0.240 e. The lowest BCUT2D eigenvalue weighted by molar-refractivity contribution is 0.518. The molecule has 1 aromatic carbocycles. The largest absolute Gasteiger partial charge is 0.357 e. The van der Waals surface area contributed by atoms with Gasteiger partial charge in [-0.05, 0) is 43.1 Å². The van der Waals surface area contributed by atoms with Gasteiger partial charge >= 0.3 is 0 Å². The third-order valence-corrected chi connectivity index (χ3v) is 6.82. The van der Waals surface area contributed by atoms with Crippen molar-refractivity contribution in [2.45, 2.75) is 37.6 Å². The summed E-state index contributed by atoms with van der Waals surface area (Å²) in [7, 11) is -2.01. The second kappa shape index (κ2) is 11.1. The first-order chi connectivity index (χ1) is 12.8. The molecular weight excluding hydrogens is 507 g/mol. The van der Waals surface area contributed by atoms with Crippen LogP contribution in [0.2, 0.25) is 0 Å². The molecule has 0 amide bonds. The Morgan fingerprint density at radius 1 is 1.14 bits per heavy atom. The lowest BCUT2D eigenvalue weighted by Gasteiger charge is -2.25. The van der Waals surface area contributed by atoms with Crippen molar-refractivity contribution in [2.75, 3.05) is 20.1 Å².